The van der Waals surface area contributed by atoms with Gasteiger partial charge in [-0.25, -0.2) is 4.79 Å². The number of fused-ring (bicyclic) bond motifs is 1. The molecule has 1 unspecified atom stereocenters. The van der Waals surface area contributed by atoms with Gasteiger partial charge in [-0.15, -0.1) is 0 Å². The van der Waals surface area contributed by atoms with E-state index in [2.05, 4.69) is 15.6 Å². The number of nitrogens with zero attached hydrogens (tertiary/aromatic N) is 1. The highest BCUT2D eigenvalue weighted by molar-refractivity contribution is 5.91. The minimum absolute atomic E-state index is 0.145. The number of anilines is 1. The van der Waals surface area contributed by atoms with Crippen molar-refractivity contribution >= 4 is 11.7 Å². The highest BCUT2D eigenvalue weighted by Gasteiger charge is 2.54. The minimum Gasteiger partial charge on any atom is -0.381 e. The number of aromatic nitrogens is 1. The zero-order chi connectivity index (χ0) is 12.7. The van der Waals surface area contributed by atoms with Crippen LogP contribution in [0.15, 0.2) is 12.3 Å². The smallest absolute Gasteiger partial charge is 0.319 e. The van der Waals surface area contributed by atoms with Crippen LogP contribution in [0.1, 0.15) is 11.3 Å². The number of nitrogens with one attached hydrogen (secondary N) is 2. The lowest BCUT2D eigenvalue weighted by molar-refractivity contribution is 0.157. The van der Waals surface area contributed by atoms with Gasteiger partial charge in [-0.05, 0) is 25.5 Å². The molecule has 3 rings (SSSR count). The van der Waals surface area contributed by atoms with E-state index in [9.17, 15) is 4.79 Å². The highest BCUT2D eigenvalue weighted by atomic mass is 16.5. The fraction of sp³-hybridized carbons (Fsp3) is 0.538. The summed E-state index contributed by atoms with van der Waals surface area (Å²) in [5.74, 6) is 1.04. The number of aryl methyl sites for hydroxylation is 2. The second-order valence-corrected chi connectivity index (χ2v) is 5.08. The number of hydrogen-bond acceptors (Lipinski definition) is 3. The number of hydrogen-bond donors (Lipinski definition) is 2. The lowest BCUT2D eigenvalue weighted by Gasteiger charge is -2.12. The van der Waals surface area contributed by atoms with Crippen LogP contribution in [0.3, 0.4) is 0 Å². The maximum absolute atomic E-state index is 11.9. The SMILES string of the molecule is Cc1ccnc(C)c1NC(=O)NC1[C@H]2COC[C@@H]12. The molecule has 1 aromatic rings. The van der Waals surface area contributed by atoms with Gasteiger partial charge in [0.25, 0.3) is 0 Å². The van der Waals surface area contributed by atoms with Gasteiger partial charge in [-0.3, -0.25) is 4.98 Å². The Morgan fingerprint density at radius 3 is 2.78 bits per heavy atom. The molecule has 5 nitrogen and oxygen atoms in total. The van der Waals surface area contributed by atoms with Gasteiger partial charge >= 0.3 is 6.03 Å². The van der Waals surface area contributed by atoms with Gasteiger partial charge in [-0.1, -0.05) is 0 Å². The van der Waals surface area contributed by atoms with Crippen LogP contribution in [0.2, 0.25) is 0 Å². The summed E-state index contributed by atoms with van der Waals surface area (Å²) in [5, 5.41) is 5.89. The molecule has 18 heavy (non-hydrogen) atoms. The first-order valence-corrected chi connectivity index (χ1v) is 6.24. The third-order valence-electron chi connectivity index (χ3n) is 3.84. The van der Waals surface area contributed by atoms with E-state index in [4.69, 9.17) is 4.74 Å². The molecule has 2 heterocycles. The molecule has 1 aromatic heterocycles. The van der Waals surface area contributed by atoms with Gasteiger partial charge in [0.05, 0.1) is 24.6 Å². The fourth-order valence-corrected chi connectivity index (χ4v) is 2.64. The number of pyridine rings is 1. The molecule has 5 heteroatoms. The molecule has 0 spiro atoms. The third-order valence-corrected chi connectivity index (χ3v) is 3.84. The van der Waals surface area contributed by atoms with E-state index < -0.39 is 0 Å². The number of rotatable bonds is 2. The van der Waals surface area contributed by atoms with E-state index in [0.29, 0.717) is 11.8 Å². The number of carbonyl (C=O) groups excluding carboxylic acids is 1. The normalized spacial score (nSPS) is 28.7. The molecule has 0 aromatic carbocycles. The van der Waals surface area contributed by atoms with Gasteiger partial charge in [-0.2, -0.15) is 0 Å². The van der Waals surface area contributed by atoms with E-state index in [1.807, 2.05) is 19.9 Å². The summed E-state index contributed by atoms with van der Waals surface area (Å²) >= 11 is 0. The summed E-state index contributed by atoms with van der Waals surface area (Å²) in [4.78, 5) is 16.1. The Bertz CT molecular complexity index is 459. The Hall–Kier alpha value is -1.62. The average molecular weight is 247 g/mol. The molecule has 2 amide bonds. The first-order chi connectivity index (χ1) is 8.66. The average Bonchev–Trinajstić information content (AvgIpc) is 2.76. The van der Waals surface area contributed by atoms with E-state index in [-0.39, 0.29) is 12.1 Å². The summed E-state index contributed by atoms with van der Waals surface area (Å²) in [7, 11) is 0. The second kappa shape index (κ2) is 4.24. The van der Waals surface area contributed by atoms with Crippen LogP contribution < -0.4 is 10.6 Å². The molecule has 0 radical (unpaired) electrons. The van der Waals surface area contributed by atoms with Crippen LogP contribution >= 0.6 is 0 Å². The first-order valence-electron chi connectivity index (χ1n) is 6.24. The third kappa shape index (κ3) is 1.95. The molecular weight excluding hydrogens is 230 g/mol. The van der Waals surface area contributed by atoms with Crippen LogP contribution in [-0.4, -0.2) is 30.3 Å². The van der Waals surface area contributed by atoms with Crippen molar-refractivity contribution in [3.63, 3.8) is 0 Å². The van der Waals surface area contributed by atoms with Gasteiger partial charge in [0, 0.05) is 24.1 Å². The van der Waals surface area contributed by atoms with E-state index >= 15 is 0 Å². The Labute approximate surface area is 106 Å². The van der Waals surface area contributed by atoms with Crippen molar-refractivity contribution in [1.82, 2.24) is 10.3 Å². The predicted molar refractivity (Wildman–Crippen MR) is 67.5 cm³/mol. The minimum atomic E-state index is -0.145. The van der Waals surface area contributed by atoms with Gasteiger partial charge < -0.3 is 15.4 Å². The van der Waals surface area contributed by atoms with E-state index in [1.54, 1.807) is 6.20 Å². The Morgan fingerprint density at radius 2 is 2.11 bits per heavy atom. The summed E-state index contributed by atoms with van der Waals surface area (Å²) < 4.78 is 5.29. The summed E-state index contributed by atoms with van der Waals surface area (Å²) in [6.07, 6.45) is 1.75. The first kappa shape index (κ1) is 11.5. The second-order valence-electron chi connectivity index (χ2n) is 5.08. The Balaban J connectivity index is 1.61. The summed E-state index contributed by atoms with van der Waals surface area (Å²) in [6.45, 7) is 5.41. The van der Waals surface area contributed by atoms with Crippen LogP contribution in [0, 0.1) is 25.7 Å². The van der Waals surface area contributed by atoms with Crippen molar-refractivity contribution in [3.8, 4) is 0 Å². The van der Waals surface area contributed by atoms with Crippen molar-refractivity contribution in [2.45, 2.75) is 19.9 Å². The number of urea groups is 1. The van der Waals surface area contributed by atoms with Crippen molar-refractivity contribution in [2.24, 2.45) is 11.8 Å². The van der Waals surface area contributed by atoms with Crippen molar-refractivity contribution in [1.29, 1.82) is 0 Å². The molecule has 0 bridgehead atoms. The zero-order valence-corrected chi connectivity index (χ0v) is 10.6. The molecular formula is C13H17N3O2. The van der Waals surface area contributed by atoms with Crippen LogP contribution in [-0.2, 0) is 4.74 Å². The molecule has 1 aliphatic heterocycles. The number of ether oxygens (including phenoxy) is 1. The Kier molecular flexibility index (Phi) is 2.70. The largest absolute Gasteiger partial charge is 0.381 e. The molecule has 1 aliphatic carbocycles. The monoisotopic (exact) mass is 247 g/mol. The predicted octanol–water partition coefficient (Wildman–Crippen LogP) is 1.46. The van der Waals surface area contributed by atoms with Crippen LogP contribution in [0.5, 0.6) is 0 Å². The molecule has 2 aliphatic rings. The zero-order valence-electron chi connectivity index (χ0n) is 10.6. The van der Waals surface area contributed by atoms with E-state index in [1.165, 1.54) is 0 Å². The topological polar surface area (TPSA) is 63.2 Å². The van der Waals surface area contributed by atoms with Crippen molar-refractivity contribution in [2.75, 3.05) is 18.5 Å². The Morgan fingerprint density at radius 1 is 1.39 bits per heavy atom. The van der Waals surface area contributed by atoms with Gasteiger partial charge in [0.2, 0.25) is 0 Å². The fourth-order valence-electron chi connectivity index (χ4n) is 2.64. The molecule has 1 saturated carbocycles. The molecule has 2 N–H and O–H groups in total. The standard InChI is InChI=1S/C13H17N3O2/c1-7-3-4-14-8(2)11(7)15-13(17)16-12-9-5-18-6-10(9)12/h3-4,9-10,12H,5-6H2,1-2H3,(H2,15,16,17)/t9-,10+,12?. The van der Waals surface area contributed by atoms with Gasteiger partial charge in [0.15, 0.2) is 0 Å². The molecule has 96 valence electrons. The van der Waals surface area contributed by atoms with E-state index in [0.717, 1.165) is 30.2 Å². The van der Waals surface area contributed by atoms with Crippen molar-refractivity contribution in [3.05, 3.63) is 23.5 Å². The van der Waals surface area contributed by atoms with Crippen molar-refractivity contribution < 1.29 is 9.53 Å². The maximum Gasteiger partial charge on any atom is 0.319 e. The number of amides is 2. The lowest BCUT2D eigenvalue weighted by Crippen LogP contribution is -2.34. The number of carbonyl (C=O) groups is 1. The maximum atomic E-state index is 11.9. The quantitative estimate of drug-likeness (QED) is 0.831. The highest BCUT2D eigenvalue weighted by Crippen LogP contribution is 2.44. The van der Waals surface area contributed by atoms with Crippen LogP contribution in [0.25, 0.3) is 0 Å². The lowest BCUT2D eigenvalue weighted by atomic mass is 10.2. The van der Waals surface area contributed by atoms with Gasteiger partial charge in [0.1, 0.15) is 0 Å². The van der Waals surface area contributed by atoms with Crippen LogP contribution in [0.4, 0.5) is 10.5 Å². The molecule has 1 saturated heterocycles. The molecule has 2 fully saturated rings. The molecule has 3 atom stereocenters. The summed E-state index contributed by atoms with van der Waals surface area (Å²) in [6, 6.07) is 2.03. The summed E-state index contributed by atoms with van der Waals surface area (Å²) in [5.41, 5.74) is 2.67.